The molecule has 1 atom stereocenters. The van der Waals surface area contributed by atoms with Crippen LogP contribution < -0.4 is 5.32 Å². The third-order valence-electron chi connectivity index (χ3n) is 5.73. The molecule has 0 bridgehead atoms. The number of carbonyl (C=O) groups excluding carboxylic acids is 1. The minimum absolute atomic E-state index is 0.0600. The van der Waals surface area contributed by atoms with Gasteiger partial charge in [-0.15, -0.1) is 0 Å². The molecule has 3 rings (SSSR count). The summed E-state index contributed by atoms with van der Waals surface area (Å²) in [5.74, 6) is -0.480. The van der Waals surface area contributed by atoms with Gasteiger partial charge < -0.3 is 14.8 Å². The van der Waals surface area contributed by atoms with Gasteiger partial charge in [-0.2, -0.15) is 13.2 Å². The number of benzene rings is 1. The first kappa shape index (κ1) is 22.1. The fourth-order valence-corrected chi connectivity index (χ4v) is 4.22. The summed E-state index contributed by atoms with van der Waals surface area (Å²) in [5.41, 5.74) is -1.85. The number of hydrogen-bond acceptors (Lipinski definition) is 4. The maximum Gasteiger partial charge on any atom is 0.416 e. The number of halogens is 3. The predicted octanol–water partition coefficient (Wildman–Crippen LogP) is 4.39. The van der Waals surface area contributed by atoms with E-state index in [9.17, 15) is 18.0 Å². The molecule has 4 nitrogen and oxygen atoms in total. The second kappa shape index (κ2) is 8.26. The summed E-state index contributed by atoms with van der Waals surface area (Å²) in [4.78, 5) is 13.1. The zero-order chi connectivity index (χ0) is 21.3. The van der Waals surface area contributed by atoms with Crippen LogP contribution in [0.25, 0.3) is 0 Å². The summed E-state index contributed by atoms with van der Waals surface area (Å²) in [5, 5.41) is 3.26. The molecule has 162 valence electrons. The van der Waals surface area contributed by atoms with E-state index in [0.29, 0.717) is 38.0 Å². The summed E-state index contributed by atoms with van der Waals surface area (Å²) in [6.07, 6.45) is -1.68. The smallest absolute Gasteiger partial charge is 0.416 e. The fourth-order valence-electron chi connectivity index (χ4n) is 4.22. The lowest BCUT2D eigenvalue weighted by Crippen LogP contribution is -2.45. The Hall–Kier alpha value is -1.60. The highest BCUT2D eigenvalue weighted by Gasteiger charge is 2.46. The molecule has 29 heavy (non-hydrogen) atoms. The van der Waals surface area contributed by atoms with Crippen molar-refractivity contribution in [1.82, 2.24) is 5.32 Å². The zero-order valence-electron chi connectivity index (χ0n) is 17.3. The lowest BCUT2D eigenvalue weighted by molar-refractivity contribution is -0.166. The highest BCUT2D eigenvalue weighted by Crippen LogP contribution is 2.41. The molecule has 0 spiro atoms. The van der Waals surface area contributed by atoms with Crippen molar-refractivity contribution >= 4 is 5.97 Å². The van der Waals surface area contributed by atoms with Gasteiger partial charge in [0.25, 0.3) is 0 Å². The quantitative estimate of drug-likeness (QED) is 0.744. The Morgan fingerprint density at radius 1 is 1.24 bits per heavy atom. The Labute approximate surface area is 170 Å². The zero-order valence-corrected chi connectivity index (χ0v) is 17.3. The molecule has 1 aromatic carbocycles. The normalized spacial score (nSPS) is 22.5. The lowest BCUT2D eigenvalue weighted by atomic mass is 9.73. The predicted molar refractivity (Wildman–Crippen MR) is 104 cm³/mol. The van der Waals surface area contributed by atoms with Crippen LogP contribution in [0.5, 0.6) is 0 Å². The van der Waals surface area contributed by atoms with Crippen LogP contribution in [0.15, 0.2) is 18.2 Å². The largest absolute Gasteiger partial charge is 0.459 e. The van der Waals surface area contributed by atoms with Crippen LogP contribution in [0.3, 0.4) is 0 Å². The molecular formula is C22H30F3NO3. The van der Waals surface area contributed by atoms with Crippen LogP contribution in [-0.2, 0) is 32.3 Å². The number of hydrogen-bond donors (Lipinski definition) is 1. The number of alkyl halides is 3. The standard InChI is InChI=1S/C22H30F3NO3/c1-20(2,3)29-19(27)21(8-11-28-12-9-21)16-7-6-15(13-17-5-4-10-26-17)18(14-16)22(23,24)25/h6-7,14,17,26H,4-5,8-13H2,1-3H3. The van der Waals surface area contributed by atoms with Crippen molar-refractivity contribution in [1.29, 1.82) is 0 Å². The minimum Gasteiger partial charge on any atom is -0.459 e. The van der Waals surface area contributed by atoms with Crippen molar-refractivity contribution in [3.05, 3.63) is 34.9 Å². The van der Waals surface area contributed by atoms with Crippen LogP contribution in [0, 0.1) is 0 Å². The van der Waals surface area contributed by atoms with Gasteiger partial charge in [0, 0.05) is 19.3 Å². The maximum atomic E-state index is 13.9. The molecule has 0 saturated carbocycles. The van der Waals surface area contributed by atoms with Crippen molar-refractivity contribution < 1.29 is 27.4 Å². The van der Waals surface area contributed by atoms with Crippen LogP contribution in [0.2, 0.25) is 0 Å². The van der Waals surface area contributed by atoms with Crippen LogP contribution in [-0.4, -0.2) is 37.4 Å². The first-order chi connectivity index (χ1) is 13.5. The Morgan fingerprint density at radius 3 is 2.48 bits per heavy atom. The van der Waals surface area contributed by atoms with Gasteiger partial charge in [-0.3, -0.25) is 4.79 Å². The second-order valence-corrected chi connectivity index (χ2v) is 9.06. The molecular weight excluding hydrogens is 383 g/mol. The van der Waals surface area contributed by atoms with E-state index < -0.39 is 28.7 Å². The van der Waals surface area contributed by atoms with E-state index in [1.165, 1.54) is 6.07 Å². The Morgan fingerprint density at radius 2 is 1.93 bits per heavy atom. The average molecular weight is 413 g/mol. The lowest BCUT2D eigenvalue weighted by Gasteiger charge is -2.38. The molecule has 0 radical (unpaired) electrons. The van der Waals surface area contributed by atoms with E-state index in [1.54, 1.807) is 32.9 Å². The molecule has 7 heteroatoms. The van der Waals surface area contributed by atoms with Crippen molar-refractivity contribution in [2.45, 2.75) is 76.1 Å². The van der Waals surface area contributed by atoms with Crippen molar-refractivity contribution in [2.75, 3.05) is 19.8 Å². The average Bonchev–Trinajstić information content (AvgIpc) is 3.13. The molecule has 0 aromatic heterocycles. The Balaban J connectivity index is 2.00. The molecule has 0 amide bonds. The maximum absolute atomic E-state index is 13.9. The third kappa shape index (κ3) is 5.12. The molecule has 0 aliphatic carbocycles. The monoisotopic (exact) mass is 413 g/mol. The van der Waals surface area contributed by atoms with E-state index in [2.05, 4.69) is 5.32 Å². The van der Waals surface area contributed by atoms with Gasteiger partial charge in [0.2, 0.25) is 0 Å². The summed E-state index contributed by atoms with van der Waals surface area (Å²) in [6.45, 7) is 6.75. The molecule has 2 heterocycles. The highest BCUT2D eigenvalue weighted by atomic mass is 19.4. The van der Waals surface area contributed by atoms with Gasteiger partial charge in [0.05, 0.1) is 11.0 Å². The Bertz CT molecular complexity index is 728. The second-order valence-electron chi connectivity index (χ2n) is 9.06. The number of carbonyl (C=O) groups is 1. The Kier molecular flexibility index (Phi) is 6.30. The van der Waals surface area contributed by atoms with Gasteiger partial charge in [0.1, 0.15) is 5.60 Å². The van der Waals surface area contributed by atoms with Crippen LogP contribution >= 0.6 is 0 Å². The minimum atomic E-state index is -4.48. The van der Waals surface area contributed by atoms with Gasteiger partial charge in [-0.1, -0.05) is 12.1 Å². The summed E-state index contributed by atoms with van der Waals surface area (Å²) < 4.78 is 52.7. The molecule has 1 unspecified atom stereocenters. The van der Waals surface area contributed by atoms with Gasteiger partial charge >= 0.3 is 12.1 Å². The van der Waals surface area contributed by atoms with E-state index in [-0.39, 0.29) is 11.6 Å². The van der Waals surface area contributed by atoms with E-state index in [1.807, 2.05) is 0 Å². The third-order valence-corrected chi connectivity index (χ3v) is 5.73. The molecule has 2 aliphatic rings. The number of rotatable bonds is 4. The summed E-state index contributed by atoms with van der Waals surface area (Å²) in [7, 11) is 0. The van der Waals surface area contributed by atoms with E-state index in [0.717, 1.165) is 19.4 Å². The molecule has 2 saturated heterocycles. The molecule has 1 N–H and O–H groups in total. The highest BCUT2D eigenvalue weighted by molar-refractivity contribution is 5.84. The van der Waals surface area contributed by atoms with Crippen LogP contribution in [0.4, 0.5) is 13.2 Å². The first-order valence-corrected chi connectivity index (χ1v) is 10.3. The summed E-state index contributed by atoms with van der Waals surface area (Å²) >= 11 is 0. The van der Waals surface area contributed by atoms with E-state index >= 15 is 0 Å². The van der Waals surface area contributed by atoms with Crippen molar-refractivity contribution in [3.63, 3.8) is 0 Å². The van der Waals surface area contributed by atoms with Gasteiger partial charge in [-0.05, 0) is 76.6 Å². The fraction of sp³-hybridized carbons (Fsp3) is 0.682. The summed E-state index contributed by atoms with van der Waals surface area (Å²) in [6, 6.07) is 4.44. The topological polar surface area (TPSA) is 47.6 Å². The SMILES string of the molecule is CC(C)(C)OC(=O)C1(c2ccc(CC3CCCN3)c(C(F)(F)F)c2)CCOCC1. The van der Waals surface area contributed by atoms with Crippen molar-refractivity contribution in [2.24, 2.45) is 0 Å². The van der Waals surface area contributed by atoms with Crippen LogP contribution in [0.1, 0.15) is 63.1 Å². The molecule has 2 aliphatic heterocycles. The molecule has 1 aromatic rings. The van der Waals surface area contributed by atoms with E-state index in [4.69, 9.17) is 9.47 Å². The number of esters is 1. The number of ether oxygens (including phenoxy) is 2. The van der Waals surface area contributed by atoms with Gasteiger partial charge in [-0.25, -0.2) is 0 Å². The number of nitrogens with one attached hydrogen (secondary N) is 1. The van der Waals surface area contributed by atoms with Crippen molar-refractivity contribution in [3.8, 4) is 0 Å². The van der Waals surface area contributed by atoms with Gasteiger partial charge in [0.15, 0.2) is 0 Å². The first-order valence-electron chi connectivity index (χ1n) is 10.3. The molecule has 2 fully saturated rings.